The molecular weight excluding hydrogens is 278 g/mol. The first-order valence-electron chi connectivity index (χ1n) is 7.30. The third-order valence-electron chi connectivity index (χ3n) is 2.97. The van der Waals surface area contributed by atoms with Crippen molar-refractivity contribution in [2.75, 3.05) is 0 Å². The summed E-state index contributed by atoms with van der Waals surface area (Å²) >= 11 is 0. The molecule has 0 fully saturated rings. The van der Waals surface area contributed by atoms with Crippen LogP contribution in [0.1, 0.15) is 36.9 Å². The van der Waals surface area contributed by atoms with Gasteiger partial charge in [-0.2, -0.15) is 0 Å². The van der Waals surface area contributed by atoms with Gasteiger partial charge in [0.15, 0.2) is 11.5 Å². The number of rotatable bonds is 4. The predicted molar refractivity (Wildman–Crippen MR) is 86.1 cm³/mol. The highest BCUT2D eigenvalue weighted by Gasteiger charge is 2.12. The van der Waals surface area contributed by atoms with Gasteiger partial charge in [0, 0.05) is 25.3 Å². The highest BCUT2D eigenvalue weighted by Crippen LogP contribution is 2.27. The molecule has 0 N–H and O–H groups in total. The lowest BCUT2D eigenvalue weighted by Gasteiger charge is -2.05. The molecule has 3 rings (SSSR count). The number of ketones is 1. The highest BCUT2D eigenvalue weighted by atomic mass is 16.5. The summed E-state index contributed by atoms with van der Waals surface area (Å²) in [7, 11) is 0. The van der Waals surface area contributed by atoms with Gasteiger partial charge in [0.05, 0.1) is 5.39 Å². The van der Waals surface area contributed by atoms with E-state index in [1.54, 1.807) is 18.3 Å². The van der Waals surface area contributed by atoms with Crippen molar-refractivity contribution < 1.29 is 13.9 Å². The van der Waals surface area contributed by atoms with Gasteiger partial charge >= 0.3 is 0 Å². The number of ether oxygens (including phenoxy) is 1. The summed E-state index contributed by atoms with van der Waals surface area (Å²) in [5.41, 5.74) is 1.66. The van der Waals surface area contributed by atoms with Crippen molar-refractivity contribution >= 4 is 16.8 Å². The van der Waals surface area contributed by atoms with Crippen LogP contribution in [0.2, 0.25) is 0 Å². The molecule has 4 heteroatoms. The molecule has 0 saturated carbocycles. The zero-order valence-electron chi connectivity index (χ0n) is 13.0. The first kappa shape index (κ1) is 15.8. The van der Waals surface area contributed by atoms with E-state index in [0.29, 0.717) is 29.2 Å². The molecule has 0 bridgehead atoms. The first-order valence-corrected chi connectivity index (χ1v) is 7.30. The number of fused-ring (bicyclic) bond motifs is 1. The van der Waals surface area contributed by atoms with Crippen molar-refractivity contribution in [1.29, 1.82) is 0 Å². The minimum Gasteiger partial charge on any atom is -0.472 e. The van der Waals surface area contributed by atoms with Crippen LogP contribution in [0, 0.1) is 0 Å². The lowest BCUT2D eigenvalue weighted by molar-refractivity contribution is 0.0989. The molecule has 0 aliphatic heterocycles. The Bertz CT molecular complexity index is 747. The Morgan fingerprint density at radius 3 is 2.59 bits per heavy atom. The van der Waals surface area contributed by atoms with Gasteiger partial charge in [0.2, 0.25) is 5.88 Å². The third kappa shape index (κ3) is 3.52. The molecule has 0 spiro atoms. The maximum absolute atomic E-state index is 11.4. The van der Waals surface area contributed by atoms with Gasteiger partial charge < -0.3 is 9.15 Å². The molecule has 0 unspecified atom stereocenters. The van der Waals surface area contributed by atoms with Gasteiger partial charge in [-0.1, -0.05) is 44.2 Å². The molecule has 0 aliphatic rings. The van der Waals surface area contributed by atoms with Gasteiger partial charge in [0.25, 0.3) is 0 Å². The van der Waals surface area contributed by atoms with Gasteiger partial charge in [-0.05, 0) is 5.56 Å². The minimum absolute atomic E-state index is 0.116. The van der Waals surface area contributed by atoms with Crippen molar-refractivity contribution in [3.8, 4) is 5.88 Å². The van der Waals surface area contributed by atoms with Crippen LogP contribution >= 0.6 is 0 Å². The number of furan rings is 1. The summed E-state index contributed by atoms with van der Waals surface area (Å²) in [5.74, 6) is 0.676. The van der Waals surface area contributed by atoms with Crippen LogP contribution < -0.4 is 4.74 Å². The zero-order valence-corrected chi connectivity index (χ0v) is 13.0. The highest BCUT2D eigenvalue weighted by molar-refractivity contribution is 5.97. The summed E-state index contributed by atoms with van der Waals surface area (Å²) in [6, 6.07) is 13.2. The average molecular weight is 297 g/mol. The second kappa shape index (κ2) is 7.41. The van der Waals surface area contributed by atoms with E-state index >= 15 is 0 Å². The lowest BCUT2D eigenvalue weighted by atomic mass is 10.2. The number of aromatic nitrogens is 1. The van der Waals surface area contributed by atoms with E-state index in [0.717, 1.165) is 5.56 Å². The van der Waals surface area contributed by atoms with E-state index < -0.39 is 0 Å². The predicted octanol–water partition coefficient (Wildman–Crippen LogP) is 4.64. The van der Waals surface area contributed by atoms with E-state index in [4.69, 9.17) is 9.15 Å². The average Bonchev–Trinajstić information content (AvgIpc) is 3.01. The standard InChI is InChI=1S/C16H13NO3.C2H6/c1-11(18)15-9-13-14(20-15)7-8-17-16(13)19-10-12-5-3-2-4-6-12;1-2/h2-9H,10H2,1H3;1-2H3. The number of carbonyl (C=O) groups is 1. The molecule has 22 heavy (non-hydrogen) atoms. The lowest BCUT2D eigenvalue weighted by Crippen LogP contribution is -1.96. The van der Waals surface area contributed by atoms with E-state index in [9.17, 15) is 4.79 Å². The van der Waals surface area contributed by atoms with Crippen LogP contribution in [-0.2, 0) is 6.61 Å². The van der Waals surface area contributed by atoms with E-state index in [1.807, 2.05) is 44.2 Å². The Kier molecular flexibility index (Phi) is 5.31. The van der Waals surface area contributed by atoms with Gasteiger partial charge in [-0.3, -0.25) is 4.79 Å². The Morgan fingerprint density at radius 1 is 1.18 bits per heavy atom. The molecule has 0 saturated heterocycles. The number of nitrogens with zero attached hydrogens (tertiary/aromatic N) is 1. The molecule has 0 amide bonds. The summed E-state index contributed by atoms with van der Waals surface area (Å²) in [6.07, 6.45) is 1.61. The molecule has 4 nitrogen and oxygen atoms in total. The summed E-state index contributed by atoms with van der Waals surface area (Å²) < 4.78 is 11.2. The minimum atomic E-state index is -0.116. The normalized spacial score (nSPS) is 9.95. The Morgan fingerprint density at radius 2 is 1.91 bits per heavy atom. The van der Waals surface area contributed by atoms with E-state index in [-0.39, 0.29) is 5.78 Å². The molecule has 2 heterocycles. The summed E-state index contributed by atoms with van der Waals surface area (Å²) in [6.45, 7) is 5.89. The fourth-order valence-corrected chi connectivity index (χ4v) is 1.95. The van der Waals surface area contributed by atoms with Crippen LogP contribution in [0.15, 0.2) is 53.1 Å². The summed E-state index contributed by atoms with van der Waals surface area (Å²) in [5, 5.41) is 0.716. The Balaban J connectivity index is 0.000000847. The quantitative estimate of drug-likeness (QED) is 0.658. The Hall–Kier alpha value is -2.62. The maximum Gasteiger partial charge on any atom is 0.225 e. The van der Waals surface area contributed by atoms with Gasteiger partial charge in [-0.25, -0.2) is 4.98 Å². The van der Waals surface area contributed by atoms with Crippen molar-refractivity contribution in [1.82, 2.24) is 4.98 Å². The second-order valence-electron chi connectivity index (χ2n) is 4.47. The largest absolute Gasteiger partial charge is 0.472 e. The molecule has 3 aromatic rings. The number of carbonyl (C=O) groups excluding carboxylic acids is 1. The fourth-order valence-electron chi connectivity index (χ4n) is 1.95. The molecule has 0 atom stereocenters. The molecule has 114 valence electrons. The monoisotopic (exact) mass is 297 g/mol. The van der Waals surface area contributed by atoms with Crippen LogP contribution in [0.4, 0.5) is 0 Å². The zero-order chi connectivity index (χ0) is 15.9. The van der Waals surface area contributed by atoms with Crippen molar-refractivity contribution in [3.05, 3.63) is 60.0 Å². The van der Waals surface area contributed by atoms with Crippen LogP contribution in [0.3, 0.4) is 0 Å². The van der Waals surface area contributed by atoms with E-state index in [2.05, 4.69) is 4.98 Å². The molecular formula is C18H19NO3. The van der Waals surface area contributed by atoms with E-state index in [1.165, 1.54) is 6.92 Å². The molecule has 1 aromatic carbocycles. The maximum atomic E-state index is 11.4. The van der Waals surface area contributed by atoms with Gasteiger partial charge in [0.1, 0.15) is 12.2 Å². The third-order valence-corrected chi connectivity index (χ3v) is 2.97. The number of benzene rings is 1. The van der Waals surface area contributed by atoms with Crippen LogP contribution in [0.5, 0.6) is 5.88 Å². The van der Waals surface area contributed by atoms with Crippen molar-refractivity contribution in [3.63, 3.8) is 0 Å². The number of hydrogen-bond acceptors (Lipinski definition) is 4. The van der Waals surface area contributed by atoms with Crippen LogP contribution in [-0.4, -0.2) is 10.8 Å². The molecule has 0 aliphatic carbocycles. The van der Waals surface area contributed by atoms with Gasteiger partial charge in [-0.15, -0.1) is 0 Å². The second-order valence-corrected chi connectivity index (χ2v) is 4.47. The molecule has 2 aromatic heterocycles. The number of pyridine rings is 1. The molecule has 0 radical (unpaired) electrons. The number of hydrogen-bond donors (Lipinski definition) is 0. The fraction of sp³-hybridized carbons (Fsp3) is 0.222. The van der Waals surface area contributed by atoms with Crippen molar-refractivity contribution in [2.24, 2.45) is 0 Å². The smallest absolute Gasteiger partial charge is 0.225 e. The Labute approximate surface area is 129 Å². The topological polar surface area (TPSA) is 52.3 Å². The first-order chi connectivity index (χ1) is 10.7. The van der Waals surface area contributed by atoms with Crippen LogP contribution in [0.25, 0.3) is 11.0 Å². The summed E-state index contributed by atoms with van der Waals surface area (Å²) in [4.78, 5) is 15.6. The van der Waals surface area contributed by atoms with Crippen molar-refractivity contribution in [2.45, 2.75) is 27.4 Å². The number of Topliss-reactive ketones (excluding diaryl/α,β-unsaturated/α-hetero) is 1. The SMILES string of the molecule is CC.CC(=O)c1cc2c(OCc3ccccc3)nccc2o1.